The molecule has 0 unspecified atom stereocenters. The minimum Gasteiger partial charge on any atom is -0.461 e. The Balaban J connectivity index is 1.59. The molecule has 0 aromatic carbocycles. The van der Waals surface area contributed by atoms with E-state index in [1.165, 1.54) is 0 Å². The van der Waals surface area contributed by atoms with Crippen molar-refractivity contribution < 1.29 is 33.2 Å². The lowest BCUT2D eigenvalue weighted by atomic mass is 9.76. The molecule has 4 aliphatic rings. The van der Waals surface area contributed by atoms with Crippen LogP contribution in [0.2, 0.25) is 0 Å². The molecule has 7 heteroatoms. The van der Waals surface area contributed by atoms with Gasteiger partial charge in [0.05, 0.1) is 6.61 Å². The largest absolute Gasteiger partial charge is 0.461 e. The molecule has 0 radical (unpaired) electrons. The molecule has 3 aliphatic heterocycles. The van der Waals surface area contributed by atoms with E-state index in [1.807, 2.05) is 27.7 Å². The number of ether oxygens (including phenoxy) is 6. The Labute approximate surface area is 160 Å². The second-order valence-corrected chi connectivity index (χ2v) is 8.78. The van der Waals surface area contributed by atoms with Gasteiger partial charge in [0.15, 0.2) is 17.9 Å². The standard InChI is InChI=1S/C20H30O7/c1-6-14(21)22-10-12-7-8-20(9-12)15(13-11-23-18(2,3)25-13)24-17-16(20)26-19(4,5)27-17/h9,13,15-17H,6-8,10-11H2,1-5H3/t13-,15-,16+,17-,20-/m1/s1. The van der Waals surface area contributed by atoms with Crippen molar-refractivity contribution >= 4 is 5.97 Å². The minimum absolute atomic E-state index is 0.190. The average Bonchev–Trinajstić information content (AvgIpc) is 3.30. The summed E-state index contributed by atoms with van der Waals surface area (Å²) in [5.41, 5.74) is 0.721. The van der Waals surface area contributed by atoms with Crippen LogP contribution in [0.1, 0.15) is 53.9 Å². The van der Waals surface area contributed by atoms with E-state index in [0.717, 1.165) is 18.4 Å². The summed E-state index contributed by atoms with van der Waals surface area (Å²) in [7, 11) is 0. The zero-order valence-corrected chi connectivity index (χ0v) is 16.8. The maximum absolute atomic E-state index is 11.5. The van der Waals surface area contributed by atoms with Crippen LogP contribution < -0.4 is 0 Å². The SMILES string of the molecule is CCC(=O)OCC1=C[C@]2(CC1)[C@@H]([C@H]1COC(C)(C)O1)O[C@@H]1OC(C)(C)O[C@@H]12. The van der Waals surface area contributed by atoms with Gasteiger partial charge in [-0.15, -0.1) is 0 Å². The van der Waals surface area contributed by atoms with E-state index in [2.05, 4.69) is 6.08 Å². The van der Waals surface area contributed by atoms with Gasteiger partial charge < -0.3 is 28.4 Å². The lowest BCUT2D eigenvalue weighted by Gasteiger charge is -2.36. The first kappa shape index (κ1) is 19.3. The van der Waals surface area contributed by atoms with Gasteiger partial charge >= 0.3 is 5.97 Å². The fraction of sp³-hybridized carbons (Fsp3) is 0.850. The predicted octanol–water partition coefficient (Wildman–Crippen LogP) is 2.67. The van der Waals surface area contributed by atoms with Crippen LogP contribution in [-0.2, 0) is 33.2 Å². The molecule has 0 bridgehead atoms. The summed E-state index contributed by atoms with van der Waals surface area (Å²) in [6.07, 6.45) is 3.15. The van der Waals surface area contributed by atoms with E-state index in [1.54, 1.807) is 6.92 Å². The Morgan fingerprint density at radius 2 is 1.93 bits per heavy atom. The van der Waals surface area contributed by atoms with Crippen LogP contribution in [0.15, 0.2) is 11.6 Å². The average molecular weight is 382 g/mol. The molecule has 1 spiro atoms. The van der Waals surface area contributed by atoms with Crippen LogP contribution in [0, 0.1) is 5.41 Å². The zero-order valence-electron chi connectivity index (χ0n) is 16.8. The highest BCUT2D eigenvalue weighted by molar-refractivity contribution is 5.69. The van der Waals surface area contributed by atoms with Gasteiger partial charge in [0.1, 0.15) is 24.9 Å². The van der Waals surface area contributed by atoms with E-state index in [-0.39, 0.29) is 29.7 Å². The molecule has 27 heavy (non-hydrogen) atoms. The van der Waals surface area contributed by atoms with E-state index in [9.17, 15) is 4.79 Å². The summed E-state index contributed by atoms with van der Waals surface area (Å²) in [4.78, 5) is 11.5. The molecule has 3 heterocycles. The van der Waals surface area contributed by atoms with Crippen LogP contribution in [0.25, 0.3) is 0 Å². The van der Waals surface area contributed by atoms with Crippen LogP contribution in [0.3, 0.4) is 0 Å². The summed E-state index contributed by atoms with van der Waals surface area (Å²) in [5.74, 6) is -1.51. The summed E-state index contributed by atoms with van der Waals surface area (Å²) >= 11 is 0. The lowest BCUT2D eigenvalue weighted by Crippen LogP contribution is -2.46. The van der Waals surface area contributed by atoms with Gasteiger partial charge in [-0.05, 0) is 46.1 Å². The molecule has 3 saturated heterocycles. The second-order valence-electron chi connectivity index (χ2n) is 8.78. The minimum atomic E-state index is -0.690. The maximum Gasteiger partial charge on any atom is 0.305 e. The van der Waals surface area contributed by atoms with Crippen LogP contribution in [0.4, 0.5) is 0 Å². The fourth-order valence-electron chi connectivity index (χ4n) is 4.66. The first-order valence-electron chi connectivity index (χ1n) is 9.83. The fourth-order valence-corrected chi connectivity index (χ4v) is 4.66. The second kappa shape index (κ2) is 6.52. The number of hydrogen-bond donors (Lipinski definition) is 0. The molecule has 7 nitrogen and oxygen atoms in total. The number of fused-ring (bicyclic) bond motifs is 2. The molecule has 0 amide bonds. The smallest absolute Gasteiger partial charge is 0.305 e. The number of hydrogen-bond acceptors (Lipinski definition) is 7. The first-order valence-corrected chi connectivity index (χ1v) is 9.83. The lowest BCUT2D eigenvalue weighted by molar-refractivity contribution is -0.233. The van der Waals surface area contributed by atoms with Crippen molar-refractivity contribution in [2.75, 3.05) is 13.2 Å². The first-order chi connectivity index (χ1) is 12.6. The summed E-state index contributed by atoms with van der Waals surface area (Å²) in [6, 6.07) is 0. The van der Waals surface area contributed by atoms with Gasteiger partial charge in [0.2, 0.25) is 0 Å². The van der Waals surface area contributed by atoms with E-state index in [0.29, 0.717) is 19.6 Å². The molecule has 0 N–H and O–H groups in total. The van der Waals surface area contributed by atoms with Gasteiger partial charge in [-0.1, -0.05) is 13.0 Å². The van der Waals surface area contributed by atoms with Gasteiger partial charge in [0, 0.05) is 11.8 Å². The number of carbonyl (C=O) groups is 1. The third-order valence-electron chi connectivity index (χ3n) is 5.83. The molecule has 0 saturated carbocycles. The summed E-state index contributed by atoms with van der Waals surface area (Å²) in [6.45, 7) is 10.2. The number of rotatable bonds is 4. The van der Waals surface area contributed by atoms with E-state index < -0.39 is 17.9 Å². The van der Waals surface area contributed by atoms with Crippen LogP contribution in [-0.4, -0.2) is 55.4 Å². The van der Waals surface area contributed by atoms with Crippen LogP contribution in [0.5, 0.6) is 0 Å². The van der Waals surface area contributed by atoms with Crippen molar-refractivity contribution in [1.82, 2.24) is 0 Å². The molecule has 0 aromatic heterocycles. The van der Waals surface area contributed by atoms with E-state index in [4.69, 9.17) is 28.4 Å². The quantitative estimate of drug-likeness (QED) is 0.547. The highest BCUT2D eigenvalue weighted by Gasteiger charge is 2.66. The molecular formula is C20H30O7. The molecular weight excluding hydrogens is 352 g/mol. The van der Waals surface area contributed by atoms with Crippen LogP contribution >= 0.6 is 0 Å². The van der Waals surface area contributed by atoms with Crippen molar-refractivity contribution in [3.63, 3.8) is 0 Å². The topological polar surface area (TPSA) is 72.5 Å². The Morgan fingerprint density at radius 1 is 1.15 bits per heavy atom. The zero-order chi connectivity index (χ0) is 19.4. The number of carbonyl (C=O) groups excluding carboxylic acids is 1. The molecule has 5 atom stereocenters. The van der Waals surface area contributed by atoms with Crippen molar-refractivity contribution in [1.29, 1.82) is 0 Å². The van der Waals surface area contributed by atoms with Gasteiger partial charge in [-0.3, -0.25) is 4.79 Å². The molecule has 3 fully saturated rings. The molecule has 4 rings (SSSR count). The molecule has 1 aliphatic carbocycles. The highest BCUT2D eigenvalue weighted by atomic mass is 16.8. The normalized spacial score (nSPS) is 41.7. The summed E-state index contributed by atoms with van der Waals surface area (Å²) < 4.78 is 35.8. The van der Waals surface area contributed by atoms with Gasteiger partial charge in [-0.25, -0.2) is 0 Å². The van der Waals surface area contributed by atoms with Gasteiger partial charge in [-0.2, -0.15) is 0 Å². The number of esters is 1. The van der Waals surface area contributed by atoms with Crippen molar-refractivity contribution in [2.24, 2.45) is 5.41 Å². The van der Waals surface area contributed by atoms with Gasteiger partial charge in [0.25, 0.3) is 0 Å². The van der Waals surface area contributed by atoms with E-state index >= 15 is 0 Å². The maximum atomic E-state index is 11.5. The Hall–Kier alpha value is -0.990. The van der Waals surface area contributed by atoms with Crippen molar-refractivity contribution in [2.45, 2.75) is 90.1 Å². The molecule has 152 valence electrons. The third kappa shape index (κ3) is 3.44. The third-order valence-corrected chi connectivity index (χ3v) is 5.83. The Bertz CT molecular complexity index is 640. The monoisotopic (exact) mass is 382 g/mol. The van der Waals surface area contributed by atoms with Crippen molar-refractivity contribution in [3.8, 4) is 0 Å². The van der Waals surface area contributed by atoms with Crippen molar-refractivity contribution in [3.05, 3.63) is 11.6 Å². The Kier molecular flexibility index (Phi) is 4.67. The summed E-state index contributed by atoms with van der Waals surface area (Å²) in [5, 5.41) is 0. The highest BCUT2D eigenvalue weighted by Crippen LogP contribution is 2.56. The Morgan fingerprint density at radius 3 is 2.59 bits per heavy atom. The predicted molar refractivity (Wildman–Crippen MR) is 94.6 cm³/mol. The molecule has 0 aromatic rings.